The van der Waals surface area contributed by atoms with E-state index < -0.39 is 0 Å². The van der Waals surface area contributed by atoms with Gasteiger partial charge < -0.3 is 15.2 Å². The van der Waals surface area contributed by atoms with Crippen molar-refractivity contribution in [1.29, 1.82) is 0 Å². The minimum Gasteiger partial charge on any atom is -0.496 e. The Bertz CT molecular complexity index is 766. The van der Waals surface area contributed by atoms with Crippen molar-refractivity contribution in [2.75, 3.05) is 14.2 Å². The van der Waals surface area contributed by atoms with E-state index in [1.54, 1.807) is 25.6 Å². The van der Waals surface area contributed by atoms with Crippen molar-refractivity contribution >= 4 is 22.1 Å². The van der Waals surface area contributed by atoms with Gasteiger partial charge in [-0.05, 0) is 28.5 Å². The van der Waals surface area contributed by atoms with Crippen LogP contribution in [-0.4, -0.2) is 14.2 Å². The fourth-order valence-corrected chi connectivity index (χ4v) is 3.47. The molecule has 0 fully saturated rings. The Labute approximate surface area is 127 Å². The summed E-state index contributed by atoms with van der Waals surface area (Å²) in [6, 6.07) is 13.9. The summed E-state index contributed by atoms with van der Waals surface area (Å²) in [6.07, 6.45) is 0. The van der Waals surface area contributed by atoms with Gasteiger partial charge >= 0.3 is 0 Å². The van der Waals surface area contributed by atoms with Gasteiger partial charge in [0.2, 0.25) is 0 Å². The molecule has 1 unspecified atom stereocenters. The number of hydrogen-bond donors (Lipinski definition) is 1. The van der Waals surface area contributed by atoms with E-state index in [1.807, 2.05) is 35.7 Å². The van der Waals surface area contributed by atoms with E-state index in [2.05, 4.69) is 12.1 Å². The second-order valence-corrected chi connectivity index (χ2v) is 5.68. The molecule has 2 aromatic carbocycles. The summed E-state index contributed by atoms with van der Waals surface area (Å²) < 4.78 is 10.8. The lowest BCUT2D eigenvalue weighted by Crippen LogP contribution is -2.12. The van der Waals surface area contributed by atoms with Crippen LogP contribution in [0.3, 0.4) is 0 Å². The smallest absolute Gasteiger partial charge is 0.134 e. The third-order valence-electron chi connectivity index (χ3n) is 3.63. The Morgan fingerprint density at radius 3 is 2.33 bits per heavy atom. The molecule has 0 aliphatic carbocycles. The van der Waals surface area contributed by atoms with Gasteiger partial charge in [-0.3, -0.25) is 0 Å². The predicted molar refractivity (Wildman–Crippen MR) is 87.4 cm³/mol. The van der Waals surface area contributed by atoms with E-state index in [0.29, 0.717) is 0 Å². The first-order chi connectivity index (χ1) is 10.3. The number of thiophene rings is 1. The molecule has 0 saturated carbocycles. The highest BCUT2D eigenvalue weighted by molar-refractivity contribution is 7.10. The molecule has 0 amide bonds. The zero-order valence-corrected chi connectivity index (χ0v) is 12.8. The number of methoxy groups -OCH3 is 2. The first-order valence-electron chi connectivity index (χ1n) is 6.69. The molecule has 0 aliphatic heterocycles. The van der Waals surface area contributed by atoms with Crippen LogP contribution in [-0.2, 0) is 0 Å². The molecule has 0 bridgehead atoms. The van der Waals surface area contributed by atoms with Crippen LogP contribution < -0.4 is 15.2 Å². The van der Waals surface area contributed by atoms with Crippen molar-refractivity contribution in [3.8, 4) is 11.5 Å². The van der Waals surface area contributed by atoms with Gasteiger partial charge in [0.15, 0.2) is 0 Å². The first kappa shape index (κ1) is 13.9. The highest BCUT2D eigenvalue weighted by Crippen LogP contribution is 2.38. The lowest BCUT2D eigenvalue weighted by atomic mass is 9.97. The minimum absolute atomic E-state index is 0.212. The molecular formula is C17H17NO2S. The largest absolute Gasteiger partial charge is 0.496 e. The van der Waals surface area contributed by atoms with Crippen LogP contribution in [0.25, 0.3) is 10.8 Å². The third-order valence-corrected chi connectivity index (χ3v) is 4.61. The van der Waals surface area contributed by atoms with E-state index in [-0.39, 0.29) is 6.04 Å². The molecule has 1 aromatic heterocycles. The summed E-state index contributed by atoms with van der Waals surface area (Å²) in [6.45, 7) is 0. The lowest BCUT2D eigenvalue weighted by molar-refractivity contribution is 0.411. The van der Waals surface area contributed by atoms with Crippen molar-refractivity contribution in [2.45, 2.75) is 6.04 Å². The molecule has 3 aromatic rings. The Morgan fingerprint density at radius 1 is 0.905 bits per heavy atom. The summed E-state index contributed by atoms with van der Waals surface area (Å²) in [5.74, 6) is 1.70. The van der Waals surface area contributed by atoms with Crippen LogP contribution in [0.1, 0.15) is 16.5 Å². The Balaban J connectivity index is 2.17. The average Bonchev–Trinajstić information content (AvgIpc) is 3.01. The summed E-state index contributed by atoms with van der Waals surface area (Å²) in [7, 11) is 3.36. The van der Waals surface area contributed by atoms with Gasteiger partial charge in [-0.1, -0.05) is 30.3 Å². The molecule has 108 valence electrons. The molecule has 3 rings (SSSR count). The Kier molecular flexibility index (Phi) is 3.82. The van der Waals surface area contributed by atoms with Gasteiger partial charge in [0, 0.05) is 5.39 Å². The maximum atomic E-state index is 6.48. The number of fused-ring (bicyclic) bond motifs is 1. The highest BCUT2D eigenvalue weighted by atomic mass is 32.1. The van der Waals surface area contributed by atoms with E-state index in [0.717, 1.165) is 32.7 Å². The summed E-state index contributed by atoms with van der Waals surface area (Å²) in [4.78, 5) is 1.04. The van der Waals surface area contributed by atoms with Crippen molar-refractivity contribution in [2.24, 2.45) is 5.73 Å². The second-order valence-electron chi connectivity index (χ2n) is 4.73. The van der Waals surface area contributed by atoms with Crippen molar-refractivity contribution in [3.05, 3.63) is 58.3 Å². The highest BCUT2D eigenvalue weighted by Gasteiger charge is 2.18. The van der Waals surface area contributed by atoms with E-state index in [4.69, 9.17) is 15.2 Å². The molecule has 1 heterocycles. The van der Waals surface area contributed by atoms with E-state index >= 15 is 0 Å². The van der Waals surface area contributed by atoms with E-state index in [9.17, 15) is 0 Å². The molecular weight excluding hydrogens is 282 g/mol. The van der Waals surface area contributed by atoms with Gasteiger partial charge in [0.1, 0.15) is 11.5 Å². The molecule has 0 spiro atoms. The second kappa shape index (κ2) is 5.76. The molecule has 0 saturated heterocycles. The first-order valence-corrected chi connectivity index (χ1v) is 7.56. The normalized spacial score (nSPS) is 12.3. The van der Waals surface area contributed by atoms with Crippen molar-refractivity contribution < 1.29 is 9.47 Å². The number of ether oxygens (including phenoxy) is 2. The predicted octanol–water partition coefficient (Wildman–Crippen LogP) is 3.97. The number of benzene rings is 2. The van der Waals surface area contributed by atoms with E-state index in [1.165, 1.54) is 0 Å². The third kappa shape index (κ3) is 2.37. The lowest BCUT2D eigenvalue weighted by Gasteiger charge is -2.16. The summed E-state index contributed by atoms with van der Waals surface area (Å²) in [5, 5.41) is 4.18. The fraction of sp³-hybridized carbons (Fsp3) is 0.176. The topological polar surface area (TPSA) is 44.5 Å². The van der Waals surface area contributed by atoms with Crippen LogP contribution >= 0.6 is 11.3 Å². The monoisotopic (exact) mass is 299 g/mol. The molecule has 4 heteroatoms. The molecule has 0 radical (unpaired) electrons. The maximum Gasteiger partial charge on any atom is 0.134 e. The van der Waals surface area contributed by atoms with Gasteiger partial charge in [0.05, 0.1) is 25.1 Å². The number of nitrogens with two attached hydrogens (primary N) is 1. The number of rotatable bonds is 4. The summed E-state index contributed by atoms with van der Waals surface area (Å²) in [5.41, 5.74) is 7.56. The van der Waals surface area contributed by atoms with Crippen molar-refractivity contribution in [1.82, 2.24) is 0 Å². The molecule has 2 N–H and O–H groups in total. The average molecular weight is 299 g/mol. The Hall–Kier alpha value is -2.04. The van der Waals surface area contributed by atoms with Crippen LogP contribution in [0.15, 0.2) is 47.8 Å². The SMILES string of the molecule is COc1ccsc1C(N)c1ccc(OC)c2ccccc12. The van der Waals surface area contributed by atoms with Crippen molar-refractivity contribution in [3.63, 3.8) is 0 Å². The molecule has 1 atom stereocenters. The molecule has 21 heavy (non-hydrogen) atoms. The van der Waals surface area contributed by atoms with Gasteiger partial charge in [-0.15, -0.1) is 11.3 Å². The van der Waals surface area contributed by atoms with Crippen LogP contribution in [0, 0.1) is 0 Å². The zero-order chi connectivity index (χ0) is 14.8. The fourth-order valence-electron chi connectivity index (χ4n) is 2.59. The van der Waals surface area contributed by atoms with Gasteiger partial charge in [0.25, 0.3) is 0 Å². The van der Waals surface area contributed by atoms with Gasteiger partial charge in [-0.25, -0.2) is 0 Å². The van der Waals surface area contributed by atoms with Crippen LogP contribution in [0.5, 0.6) is 11.5 Å². The minimum atomic E-state index is -0.212. The Morgan fingerprint density at radius 2 is 1.62 bits per heavy atom. The zero-order valence-electron chi connectivity index (χ0n) is 12.0. The number of hydrogen-bond acceptors (Lipinski definition) is 4. The van der Waals surface area contributed by atoms with Crippen LogP contribution in [0.2, 0.25) is 0 Å². The maximum absolute atomic E-state index is 6.48. The van der Waals surface area contributed by atoms with Gasteiger partial charge in [-0.2, -0.15) is 0 Å². The quantitative estimate of drug-likeness (QED) is 0.793. The van der Waals surface area contributed by atoms with Crippen LogP contribution in [0.4, 0.5) is 0 Å². The summed E-state index contributed by atoms with van der Waals surface area (Å²) >= 11 is 1.61. The molecule has 0 aliphatic rings. The molecule has 3 nitrogen and oxygen atoms in total. The standard InChI is InChI=1S/C17H17NO2S/c1-19-14-8-7-13(11-5-3-4-6-12(11)14)16(18)17-15(20-2)9-10-21-17/h3-10,16H,18H2,1-2H3.